The fourth-order valence-electron chi connectivity index (χ4n) is 2.40. The normalized spacial score (nSPS) is 16.2. The van der Waals surface area contributed by atoms with Crippen LogP contribution in [0.2, 0.25) is 0 Å². The molecular weight excluding hydrogens is 248 g/mol. The first-order chi connectivity index (χ1) is 8.91. The minimum absolute atomic E-state index is 0.0755. The lowest BCUT2D eigenvalue weighted by atomic mass is 9.98. The number of hydrogen-bond acceptors (Lipinski definition) is 4. The van der Waals surface area contributed by atoms with E-state index in [-0.39, 0.29) is 18.5 Å². The van der Waals surface area contributed by atoms with E-state index in [4.69, 9.17) is 9.63 Å². The van der Waals surface area contributed by atoms with Crippen molar-refractivity contribution in [3.63, 3.8) is 0 Å². The summed E-state index contributed by atoms with van der Waals surface area (Å²) in [4.78, 5) is 24.8. The van der Waals surface area contributed by atoms with Crippen LogP contribution in [0.5, 0.6) is 0 Å². The number of carbonyl (C=O) groups is 2. The smallest absolute Gasteiger partial charge is 0.323 e. The molecular formula is C13H18N2O4. The quantitative estimate of drug-likeness (QED) is 0.872. The molecule has 1 amide bonds. The van der Waals surface area contributed by atoms with Gasteiger partial charge < -0.3 is 14.5 Å². The maximum absolute atomic E-state index is 12.5. The second-order valence-corrected chi connectivity index (χ2v) is 5.05. The molecule has 0 spiro atoms. The fraction of sp³-hybridized carbons (Fsp3) is 0.615. The number of carbonyl (C=O) groups excluding carboxylic acids is 1. The van der Waals surface area contributed by atoms with Gasteiger partial charge in [0.15, 0.2) is 0 Å². The van der Waals surface area contributed by atoms with E-state index in [0.717, 1.165) is 18.4 Å². The molecule has 1 heterocycles. The van der Waals surface area contributed by atoms with Crippen molar-refractivity contribution < 1.29 is 19.2 Å². The van der Waals surface area contributed by atoms with Crippen molar-refractivity contribution in [2.24, 2.45) is 0 Å². The number of carboxylic acid groups (broad SMARTS) is 1. The van der Waals surface area contributed by atoms with Gasteiger partial charge in [0.1, 0.15) is 12.3 Å². The van der Waals surface area contributed by atoms with Crippen LogP contribution < -0.4 is 0 Å². The van der Waals surface area contributed by atoms with Crippen molar-refractivity contribution in [1.82, 2.24) is 10.1 Å². The first kappa shape index (κ1) is 13.6. The van der Waals surface area contributed by atoms with E-state index < -0.39 is 11.9 Å². The maximum Gasteiger partial charge on any atom is 0.323 e. The van der Waals surface area contributed by atoms with E-state index in [1.807, 2.05) is 0 Å². The van der Waals surface area contributed by atoms with Crippen molar-refractivity contribution in [1.29, 1.82) is 0 Å². The minimum atomic E-state index is -0.980. The second kappa shape index (κ2) is 5.03. The van der Waals surface area contributed by atoms with Crippen LogP contribution in [0.3, 0.4) is 0 Å². The van der Waals surface area contributed by atoms with Gasteiger partial charge in [0.25, 0.3) is 0 Å². The number of amides is 1. The lowest BCUT2D eigenvalue weighted by Gasteiger charge is -2.24. The Hall–Kier alpha value is -1.85. The summed E-state index contributed by atoms with van der Waals surface area (Å²) in [6.45, 7) is 5.08. The van der Waals surface area contributed by atoms with E-state index in [1.54, 1.807) is 20.8 Å². The zero-order chi connectivity index (χ0) is 14.2. The number of nitrogens with zero attached hydrogens (tertiary/aromatic N) is 2. The summed E-state index contributed by atoms with van der Waals surface area (Å²) in [5.41, 5.74) is 1.45. The van der Waals surface area contributed by atoms with E-state index in [1.165, 1.54) is 4.90 Å². The Balaban J connectivity index is 2.19. The second-order valence-electron chi connectivity index (χ2n) is 5.05. The van der Waals surface area contributed by atoms with Gasteiger partial charge in [0.2, 0.25) is 5.91 Å². The summed E-state index contributed by atoms with van der Waals surface area (Å²) < 4.78 is 5.07. The number of hydrogen-bond donors (Lipinski definition) is 1. The van der Waals surface area contributed by atoms with E-state index in [0.29, 0.717) is 11.5 Å². The molecule has 104 valence electrons. The summed E-state index contributed by atoms with van der Waals surface area (Å²) in [5, 5.41) is 12.7. The van der Waals surface area contributed by atoms with Crippen LogP contribution in [0.4, 0.5) is 0 Å². The van der Waals surface area contributed by atoms with Gasteiger partial charge in [-0.05, 0) is 33.6 Å². The van der Waals surface area contributed by atoms with E-state index >= 15 is 0 Å². The number of aliphatic carboxylic acids is 1. The van der Waals surface area contributed by atoms with Crippen molar-refractivity contribution in [2.75, 3.05) is 6.54 Å². The van der Waals surface area contributed by atoms with Crippen LogP contribution in [0.1, 0.15) is 42.7 Å². The molecule has 6 heteroatoms. The lowest BCUT2D eigenvalue weighted by Crippen LogP contribution is -2.40. The maximum atomic E-state index is 12.5. The van der Waals surface area contributed by atoms with E-state index in [9.17, 15) is 9.59 Å². The average molecular weight is 266 g/mol. The summed E-state index contributed by atoms with van der Waals surface area (Å²) in [6.07, 6.45) is 1.76. The molecule has 1 aromatic heterocycles. The molecule has 1 aliphatic rings. The fourth-order valence-corrected chi connectivity index (χ4v) is 2.40. The van der Waals surface area contributed by atoms with Crippen molar-refractivity contribution in [3.05, 3.63) is 17.0 Å². The topological polar surface area (TPSA) is 83.6 Å². The van der Waals surface area contributed by atoms with Gasteiger partial charge in [-0.25, -0.2) is 0 Å². The predicted octanol–water partition coefficient (Wildman–Crippen LogP) is 1.47. The highest BCUT2D eigenvalue weighted by atomic mass is 16.5. The summed E-state index contributed by atoms with van der Waals surface area (Å²) in [5.74, 6) is -0.957. The van der Waals surface area contributed by atoms with Gasteiger partial charge in [-0.15, -0.1) is 0 Å². The SMILES string of the molecule is Cc1noc(C)c1[C@@H](C)C(=O)N(CC(=O)O)C1CC1. The third-order valence-electron chi connectivity index (χ3n) is 3.47. The Morgan fingerprint density at radius 2 is 2.11 bits per heavy atom. The Morgan fingerprint density at radius 1 is 1.47 bits per heavy atom. The van der Waals surface area contributed by atoms with Gasteiger partial charge in [0, 0.05) is 11.6 Å². The largest absolute Gasteiger partial charge is 0.480 e. The van der Waals surface area contributed by atoms with Crippen molar-refractivity contribution in [2.45, 2.75) is 45.6 Å². The molecule has 6 nitrogen and oxygen atoms in total. The molecule has 0 aliphatic heterocycles. The predicted molar refractivity (Wildman–Crippen MR) is 66.8 cm³/mol. The van der Waals surface area contributed by atoms with Crippen LogP contribution >= 0.6 is 0 Å². The van der Waals surface area contributed by atoms with Crippen LogP contribution in [0.15, 0.2) is 4.52 Å². The van der Waals surface area contributed by atoms with Gasteiger partial charge in [-0.3, -0.25) is 9.59 Å². The van der Waals surface area contributed by atoms with Crippen molar-refractivity contribution in [3.8, 4) is 0 Å². The Bertz CT molecular complexity index is 485. The molecule has 1 N–H and O–H groups in total. The Labute approximate surface area is 111 Å². The molecule has 1 aliphatic carbocycles. The zero-order valence-electron chi connectivity index (χ0n) is 11.3. The van der Waals surface area contributed by atoms with Gasteiger partial charge in [-0.1, -0.05) is 5.16 Å². The molecule has 0 unspecified atom stereocenters. The number of rotatable bonds is 5. The molecule has 0 saturated heterocycles. The minimum Gasteiger partial charge on any atom is -0.480 e. The van der Waals surface area contributed by atoms with Gasteiger partial charge >= 0.3 is 5.97 Å². The number of aromatic nitrogens is 1. The van der Waals surface area contributed by atoms with Crippen LogP contribution in [0, 0.1) is 13.8 Å². The van der Waals surface area contributed by atoms with Crippen molar-refractivity contribution >= 4 is 11.9 Å². The third-order valence-corrected chi connectivity index (χ3v) is 3.47. The molecule has 0 radical (unpaired) electrons. The Morgan fingerprint density at radius 3 is 2.53 bits per heavy atom. The molecule has 19 heavy (non-hydrogen) atoms. The number of carboxylic acids is 1. The third kappa shape index (κ3) is 2.77. The number of aryl methyl sites for hydroxylation is 2. The van der Waals surface area contributed by atoms with Gasteiger partial charge in [0.05, 0.1) is 11.6 Å². The average Bonchev–Trinajstić information content (AvgIpc) is 3.11. The standard InChI is InChI=1S/C13H18N2O4/c1-7(12-8(2)14-19-9(12)3)13(18)15(6-11(16)17)10-4-5-10/h7,10H,4-6H2,1-3H3,(H,16,17)/t7-/m1/s1. The Kier molecular flexibility index (Phi) is 3.59. The first-order valence-corrected chi connectivity index (χ1v) is 6.36. The monoisotopic (exact) mass is 266 g/mol. The molecule has 1 aromatic rings. The van der Waals surface area contributed by atoms with Crippen LogP contribution in [0.25, 0.3) is 0 Å². The summed E-state index contributed by atoms with van der Waals surface area (Å²) >= 11 is 0. The molecule has 1 fully saturated rings. The first-order valence-electron chi connectivity index (χ1n) is 6.36. The molecule has 1 saturated carbocycles. The highest BCUT2D eigenvalue weighted by Gasteiger charge is 2.37. The van der Waals surface area contributed by atoms with E-state index in [2.05, 4.69) is 5.16 Å². The molecule has 0 aromatic carbocycles. The van der Waals surface area contributed by atoms with Crippen LogP contribution in [-0.2, 0) is 9.59 Å². The zero-order valence-corrected chi connectivity index (χ0v) is 11.3. The summed E-state index contributed by atoms with van der Waals surface area (Å²) in [7, 11) is 0. The molecule has 2 rings (SSSR count). The summed E-state index contributed by atoms with van der Waals surface area (Å²) in [6, 6.07) is 0.0755. The highest BCUT2D eigenvalue weighted by Crippen LogP contribution is 2.31. The lowest BCUT2D eigenvalue weighted by molar-refractivity contribution is -0.145. The highest BCUT2D eigenvalue weighted by molar-refractivity contribution is 5.87. The molecule has 0 bridgehead atoms. The van der Waals surface area contributed by atoms with Gasteiger partial charge in [-0.2, -0.15) is 0 Å². The molecule has 1 atom stereocenters. The van der Waals surface area contributed by atoms with Crippen LogP contribution in [-0.4, -0.2) is 39.6 Å².